The lowest BCUT2D eigenvalue weighted by Crippen LogP contribution is -2.37. The van der Waals surface area contributed by atoms with Gasteiger partial charge in [0, 0.05) is 24.0 Å². The van der Waals surface area contributed by atoms with Gasteiger partial charge < -0.3 is 9.64 Å². The van der Waals surface area contributed by atoms with Gasteiger partial charge in [0.2, 0.25) is 0 Å². The average molecular weight is 337 g/mol. The summed E-state index contributed by atoms with van der Waals surface area (Å²) in [6.07, 6.45) is 3.05. The smallest absolute Gasteiger partial charge is 0.410 e. The number of piperidine rings is 1. The Kier molecular flexibility index (Phi) is 4.95. The van der Waals surface area contributed by atoms with Crippen LogP contribution in [-0.2, 0) is 5.88 Å². The molecule has 3 rings (SSSR count). The molecule has 0 radical (unpaired) electrons. The second kappa shape index (κ2) is 7.11. The first-order valence-electron chi connectivity index (χ1n) is 7.34. The van der Waals surface area contributed by atoms with Crippen LogP contribution in [0.4, 0.5) is 4.79 Å². The molecule has 1 aliphatic heterocycles. The number of halogens is 1. The number of alkyl halides is 1. The summed E-state index contributed by atoms with van der Waals surface area (Å²) in [4.78, 5) is 18.2. The van der Waals surface area contributed by atoms with Gasteiger partial charge in [-0.2, -0.15) is 0 Å². The Bertz CT molecular complexity index is 636. The molecule has 1 amide bonds. The van der Waals surface area contributed by atoms with E-state index >= 15 is 0 Å². The zero-order valence-electron chi connectivity index (χ0n) is 12.1. The van der Waals surface area contributed by atoms with Crippen molar-refractivity contribution in [3.05, 3.63) is 35.3 Å². The highest BCUT2D eigenvalue weighted by Crippen LogP contribution is 2.26. The van der Waals surface area contributed by atoms with Gasteiger partial charge in [0.1, 0.15) is 10.8 Å². The van der Waals surface area contributed by atoms with Gasteiger partial charge in [-0.1, -0.05) is 0 Å². The molecular weight excluding hydrogens is 320 g/mol. The second-order valence-electron chi connectivity index (χ2n) is 5.22. The zero-order chi connectivity index (χ0) is 15.4. The second-order valence-corrected chi connectivity index (χ2v) is 6.34. The van der Waals surface area contributed by atoms with Crippen molar-refractivity contribution in [2.75, 3.05) is 13.1 Å². The Morgan fingerprint density at radius 1 is 1.23 bits per heavy atom. The fraction of sp³-hybridized carbons (Fsp3) is 0.375. The number of rotatable bonds is 3. The average Bonchev–Trinajstić information content (AvgIpc) is 3.05. The number of thiazole rings is 1. The molecule has 1 aromatic carbocycles. The number of amides is 1. The summed E-state index contributed by atoms with van der Waals surface area (Å²) in [5, 5.41) is 2.87. The minimum atomic E-state index is -0.258. The van der Waals surface area contributed by atoms with E-state index in [0.717, 1.165) is 42.2 Å². The number of aromatic nitrogens is 1. The van der Waals surface area contributed by atoms with Crippen molar-refractivity contribution >= 4 is 29.0 Å². The molecule has 0 bridgehead atoms. The number of likely N-dealkylation sites (tertiary alicyclic amines) is 1. The van der Waals surface area contributed by atoms with Crippen molar-refractivity contribution in [3.63, 3.8) is 0 Å². The van der Waals surface area contributed by atoms with E-state index in [1.807, 2.05) is 17.5 Å². The Morgan fingerprint density at radius 2 is 1.95 bits per heavy atom. The van der Waals surface area contributed by atoms with E-state index in [1.165, 1.54) is 6.42 Å². The van der Waals surface area contributed by atoms with Gasteiger partial charge in [0.15, 0.2) is 0 Å². The molecule has 6 heteroatoms. The highest BCUT2D eigenvalue weighted by atomic mass is 35.5. The molecule has 2 aromatic rings. The standard InChI is InChI=1S/C16H17ClN2O2S/c17-10-13-11-22-15(18-13)12-4-6-14(7-5-12)21-16(20)19-8-2-1-3-9-19/h4-7,11H,1-3,8-10H2. The summed E-state index contributed by atoms with van der Waals surface area (Å²) in [5.74, 6) is 0.982. The summed E-state index contributed by atoms with van der Waals surface area (Å²) in [7, 11) is 0. The molecule has 0 saturated carbocycles. The maximum atomic E-state index is 12.0. The van der Waals surface area contributed by atoms with Crippen LogP contribution >= 0.6 is 22.9 Å². The molecule has 1 fully saturated rings. The van der Waals surface area contributed by atoms with E-state index < -0.39 is 0 Å². The number of benzene rings is 1. The van der Waals surface area contributed by atoms with Crippen molar-refractivity contribution in [1.82, 2.24) is 9.88 Å². The molecule has 0 N–H and O–H groups in total. The Morgan fingerprint density at radius 3 is 2.59 bits per heavy atom. The van der Waals surface area contributed by atoms with Crippen LogP contribution in [0.3, 0.4) is 0 Å². The summed E-state index contributed by atoms with van der Waals surface area (Å²) < 4.78 is 5.42. The molecule has 22 heavy (non-hydrogen) atoms. The number of hydrogen-bond donors (Lipinski definition) is 0. The van der Waals surface area contributed by atoms with Gasteiger partial charge in [-0.25, -0.2) is 9.78 Å². The largest absolute Gasteiger partial charge is 0.415 e. The van der Waals surface area contributed by atoms with Crippen LogP contribution in [0.2, 0.25) is 0 Å². The number of carbonyl (C=O) groups is 1. The number of ether oxygens (including phenoxy) is 1. The third kappa shape index (κ3) is 3.59. The van der Waals surface area contributed by atoms with E-state index in [-0.39, 0.29) is 6.09 Å². The molecule has 116 valence electrons. The molecule has 0 aliphatic carbocycles. The number of carbonyl (C=O) groups excluding carboxylic acids is 1. The van der Waals surface area contributed by atoms with Crippen LogP contribution in [0, 0.1) is 0 Å². The Balaban J connectivity index is 1.64. The topological polar surface area (TPSA) is 42.4 Å². The molecule has 4 nitrogen and oxygen atoms in total. The SMILES string of the molecule is O=C(Oc1ccc(-c2nc(CCl)cs2)cc1)N1CCCCC1. The van der Waals surface area contributed by atoms with Crippen LogP contribution in [0.5, 0.6) is 5.75 Å². The van der Waals surface area contributed by atoms with Gasteiger partial charge in [0.05, 0.1) is 11.6 Å². The van der Waals surface area contributed by atoms with Gasteiger partial charge in [0.25, 0.3) is 0 Å². The molecule has 0 spiro atoms. The highest BCUT2D eigenvalue weighted by molar-refractivity contribution is 7.13. The van der Waals surface area contributed by atoms with E-state index in [2.05, 4.69) is 4.98 Å². The van der Waals surface area contributed by atoms with E-state index in [4.69, 9.17) is 16.3 Å². The number of nitrogens with zero attached hydrogens (tertiary/aromatic N) is 2. The third-order valence-corrected chi connectivity index (χ3v) is 4.82. The third-order valence-electron chi connectivity index (χ3n) is 3.61. The van der Waals surface area contributed by atoms with Crippen LogP contribution in [0.15, 0.2) is 29.6 Å². The van der Waals surface area contributed by atoms with Crippen molar-refractivity contribution < 1.29 is 9.53 Å². The van der Waals surface area contributed by atoms with Gasteiger partial charge in [-0.15, -0.1) is 22.9 Å². The van der Waals surface area contributed by atoms with Crippen molar-refractivity contribution in [2.45, 2.75) is 25.1 Å². The molecule has 2 heterocycles. The van der Waals surface area contributed by atoms with E-state index in [9.17, 15) is 4.79 Å². The lowest BCUT2D eigenvalue weighted by molar-refractivity contribution is 0.142. The first-order chi connectivity index (χ1) is 10.8. The molecule has 0 unspecified atom stereocenters. The highest BCUT2D eigenvalue weighted by Gasteiger charge is 2.18. The normalized spacial score (nSPS) is 14.9. The molecular formula is C16H17ClN2O2S. The predicted octanol–water partition coefficient (Wildman–Crippen LogP) is 4.53. The first-order valence-corrected chi connectivity index (χ1v) is 8.75. The fourth-order valence-corrected chi connectivity index (χ4v) is 3.46. The van der Waals surface area contributed by atoms with Gasteiger partial charge in [-0.3, -0.25) is 0 Å². The monoisotopic (exact) mass is 336 g/mol. The molecule has 1 aliphatic rings. The minimum Gasteiger partial charge on any atom is -0.410 e. The maximum Gasteiger partial charge on any atom is 0.415 e. The van der Waals surface area contributed by atoms with Crippen LogP contribution in [-0.4, -0.2) is 29.1 Å². The lowest BCUT2D eigenvalue weighted by Gasteiger charge is -2.25. The van der Waals surface area contributed by atoms with Crippen molar-refractivity contribution in [3.8, 4) is 16.3 Å². The molecule has 1 aromatic heterocycles. The lowest BCUT2D eigenvalue weighted by atomic mass is 10.1. The van der Waals surface area contributed by atoms with Crippen LogP contribution < -0.4 is 4.74 Å². The quantitative estimate of drug-likeness (QED) is 0.773. The molecule has 0 atom stereocenters. The number of hydrogen-bond acceptors (Lipinski definition) is 4. The summed E-state index contributed by atoms with van der Waals surface area (Å²) >= 11 is 7.32. The minimum absolute atomic E-state index is 0.258. The summed E-state index contributed by atoms with van der Waals surface area (Å²) in [6, 6.07) is 7.43. The predicted molar refractivity (Wildman–Crippen MR) is 88.6 cm³/mol. The fourth-order valence-electron chi connectivity index (χ4n) is 2.41. The first kappa shape index (κ1) is 15.3. The summed E-state index contributed by atoms with van der Waals surface area (Å²) in [6.45, 7) is 1.58. The van der Waals surface area contributed by atoms with Gasteiger partial charge in [-0.05, 0) is 43.5 Å². The van der Waals surface area contributed by atoms with Crippen molar-refractivity contribution in [2.24, 2.45) is 0 Å². The van der Waals surface area contributed by atoms with Crippen molar-refractivity contribution in [1.29, 1.82) is 0 Å². The summed E-state index contributed by atoms with van der Waals surface area (Å²) in [5.41, 5.74) is 1.88. The Hall–Kier alpha value is -1.59. The Labute approximate surface area is 138 Å². The maximum absolute atomic E-state index is 12.0. The van der Waals surface area contributed by atoms with E-state index in [1.54, 1.807) is 28.4 Å². The van der Waals surface area contributed by atoms with Crippen LogP contribution in [0.1, 0.15) is 25.0 Å². The van der Waals surface area contributed by atoms with Gasteiger partial charge >= 0.3 is 6.09 Å². The molecule has 1 saturated heterocycles. The zero-order valence-corrected chi connectivity index (χ0v) is 13.7. The van der Waals surface area contributed by atoms with E-state index in [0.29, 0.717) is 11.6 Å². The van der Waals surface area contributed by atoms with Crippen LogP contribution in [0.25, 0.3) is 10.6 Å².